The first-order valence-electron chi connectivity index (χ1n) is 5.95. The van der Waals surface area contributed by atoms with Crippen molar-refractivity contribution in [2.45, 2.75) is 45.4 Å². The maximum atomic E-state index is 11.6. The van der Waals surface area contributed by atoms with Gasteiger partial charge in [0.1, 0.15) is 5.78 Å². The molecule has 2 nitrogen and oxygen atoms in total. The average Bonchev–Trinajstić information content (AvgIpc) is 2.43. The van der Waals surface area contributed by atoms with Crippen LogP contribution < -0.4 is 5.32 Å². The van der Waals surface area contributed by atoms with E-state index in [2.05, 4.69) is 5.32 Å². The zero-order chi connectivity index (χ0) is 10.4. The molecule has 2 unspecified atom stereocenters. The smallest absolute Gasteiger partial charge is 0.135 e. The van der Waals surface area contributed by atoms with E-state index < -0.39 is 0 Å². The molecule has 0 aromatic heterocycles. The molecule has 0 amide bonds. The van der Waals surface area contributed by atoms with Crippen molar-refractivity contribution in [2.24, 2.45) is 11.8 Å². The normalized spacial score (nSPS) is 28.4. The summed E-state index contributed by atoms with van der Waals surface area (Å²) in [6.45, 7) is 3.10. The molecule has 1 aliphatic carbocycles. The van der Waals surface area contributed by atoms with Crippen LogP contribution in [0.4, 0.5) is 0 Å². The lowest BCUT2D eigenvalue weighted by Gasteiger charge is -2.13. The van der Waals surface area contributed by atoms with Gasteiger partial charge in [-0.25, -0.2) is 0 Å². The SMILES string of the molecule is CCC(=O)C1CCCC(CNC)CC1. The number of hydrogen-bond acceptors (Lipinski definition) is 2. The molecule has 1 aliphatic rings. The fraction of sp³-hybridized carbons (Fsp3) is 0.917. The Balaban J connectivity index is 2.36. The van der Waals surface area contributed by atoms with Gasteiger partial charge >= 0.3 is 0 Å². The third kappa shape index (κ3) is 3.41. The van der Waals surface area contributed by atoms with Crippen molar-refractivity contribution in [1.82, 2.24) is 5.32 Å². The third-order valence-electron chi connectivity index (χ3n) is 3.38. The first-order valence-corrected chi connectivity index (χ1v) is 5.95. The van der Waals surface area contributed by atoms with Gasteiger partial charge in [-0.1, -0.05) is 13.3 Å². The van der Waals surface area contributed by atoms with E-state index in [9.17, 15) is 4.79 Å². The summed E-state index contributed by atoms with van der Waals surface area (Å²) in [6, 6.07) is 0. The fourth-order valence-corrected chi connectivity index (χ4v) is 2.48. The standard InChI is InChI=1S/C12H23NO/c1-3-12(14)11-6-4-5-10(7-8-11)9-13-2/h10-11,13H,3-9H2,1-2H3. The molecule has 1 rings (SSSR count). The zero-order valence-corrected chi connectivity index (χ0v) is 9.51. The Hall–Kier alpha value is -0.370. The number of carbonyl (C=O) groups excluding carboxylic acids is 1. The van der Waals surface area contributed by atoms with Gasteiger partial charge in [-0.2, -0.15) is 0 Å². The van der Waals surface area contributed by atoms with E-state index in [-0.39, 0.29) is 0 Å². The van der Waals surface area contributed by atoms with E-state index in [0.29, 0.717) is 11.7 Å². The molecule has 0 aromatic rings. The summed E-state index contributed by atoms with van der Waals surface area (Å²) >= 11 is 0. The van der Waals surface area contributed by atoms with Crippen molar-refractivity contribution in [3.8, 4) is 0 Å². The number of rotatable bonds is 4. The molecule has 0 aromatic carbocycles. The minimum Gasteiger partial charge on any atom is -0.319 e. The molecule has 14 heavy (non-hydrogen) atoms. The molecule has 1 saturated carbocycles. The number of hydrogen-bond donors (Lipinski definition) is 1. The molecule has 0 spiro atoms. The van der Waals surface area contributed by atoms with Gasteiger partial charge in [0, 0.05) is 12.3 Å². The van der Waals surface area contributed by atoms with E-state index in [1.54, 1.807) is 0 Å². The molecule has 82 valence electrons. The molecule has 0 bridgehead atoms. The molecular weight excluding hydrogens is 174 g/mol. The summed E-state index contributed by atoms with van der Waals surface area (Å²) < 4.78 is 0. The number of ketones is 1. The van der Waals surface area contributed by atoms with E-state index in [1.165, 1.54) is 19.3 Å². The summed E-state index contributed by atoms with van der Waals surface area (Å²) in [5.74, 6) is 1.66. The van der Waals surface area contributed by atoms with Gasteiger partial charge in [0.15, 0.2) is 0 Å². The summed E-state index contributed by atoms with van der Waals surface area (Å²) in [5.41, 5.74) is 0. The lowest BCUT2D eigenvalue weighted by atomic mass is 9.93. The third-order valence-corrected chi connectivity index (χ3v) is 3.38. The Kier molecular flexibility index (Phi) is 5.16. The van der Waals surface area contributed by atoms with Crippen molar-refractivity contribution >= 4 is 5.78 Å². The van der Waals surface area contributed by atoms with Crippen LogP contribution in [0.5, 0.6) is 0 Å². The Morgan fingerprint density at radius 3 is 2.71 bits per heavy atom. The highest BCUT2D eigenvalue weighted by atomic mass is 16.1. The lowest BCUT2D eigenvalue weighted by molar-refractivity contribution is -0.122. The van der Waals surface area contributed by atoms with Crippen LogP contribution in [0.1, 0.15) is 45.4 Å². The van der Waals surface area contributed by atoms with E-state index in [0.717, 1.165) is 31.7 Å². The van der Waals surface area contributed by atoms with Gasteiger partial charge in [-0.15, -0.1) is 0 Å². The van der Waals surface area contributed by atoms with Crippen molar-refractivity contribution in [3.63, 3.8) is 0 Å². The Labute approximate surface area is 87.5 Å². The second-order valence-electron chi connectivity index (χ2n) is 4.45. The minimum absolute atomic E-state index is 0.377. The number of carbonyl (C=O) groups is 1. The van der Waals surface area contributed by atoms with E-state index in [1.807, 2.05) is 14.0 Å². The van der Waals surface area contributed by atoms with Gasteiger partial charge in [-0.3, -0.25) is 4.79 Å². The van der Waals surface area contributed by atoms with Gasteiger partial charge in [-0.05, 0) is 45.2 Å². The second-order valence-corrected chi connectivity index (χ2v) is 4.45. The van der Waals surface area contributed by atoms with Gasteiger partial charge in [0.2, 0.25) is 0 Å². The summed E-state index contributed by atoms with van der Waals surface area (Å²) in [5, 5.41) is 3.24. The average molecular weight is 197 g/mol. The minimum atomic E-state index is 0.377. The Bertz CT molecular complexity index is 179. The first kappa shape index (κ1) is 11.7. The second kappa shape index (κ2) is 6.18. The summed E-state index contributed by atoms with van der Waals surface area (Å²) in [4.78, 5) is 11.6. The first-order chi connectivity index (χ1) is 6.77. The molecule has 1 fully saturated rings. The number of Topliss-reactive ketones (excluding diaryl/α,β-unsaturated/α-hetero) is 1. The van der Waals surface area contributed by atoms with E-state index in [4.69, 9.17) is 0 Å². The fourth-order valence-electron chi connectivity index (χ4n) is 2.48. The van der Waals surface area contributed by atoms with Crippen molar-refractivity contribution in [3.05, 3.63) is 0 Å². The van der Waals surface area contributed by atoms with Crippen LogP contribution in [0.2, 0.25) is 0 Å². The van der Waals surface area contributed by atoms with Crippen molar-refractivity contribution < 1.29 is 4.79 Å². The number of nitrogens with one attached hydrogen (secondary N) is 1. The van der Waals surface area contributed by atoms with Crippen LogP contribution >= 0.6 is 0 Å². The van der Waals surface area contributed by atoms with Gasteiger partial charge < -0.3 is 5.32 Å². The molecule has 2 heteroatoms. The lowest BCUT2D eigenvalue weighted by Crippen LogP contribution is -2.18. The maximum absolute atomic E-state index is 11.6. The van der Waals surface area contributed by atoms with Gasteiger partial charge in [0.25, 0.3) is 0 Å². The topological polar surface area (TPSA) is 29.1 Å². The summed E-state index contributed by atoms with van der Waals surface area (Å²) in [7, 11) is 2.01. The zero-order valence-electron chi connectivity index (χ0n) is 9.51. The van der Waals surface area contributed by atoms with Crippen LogP contribution in [-0.4, -0.2) is 19.4 Å². The predicted molar refractivity (Wildman–Crippen MR) is 59.3 cm³/mol. The van der Waals surface area contributed by atoms with Crippen molar-refractivity contribution in [1.29, 1.82) is 0 Å². The predicted octanol–water partition coefficient (Wildman–Crippen LogP) is 2.38. The van der Waals surface area contributed by atoms with Crippen LogP contribution in [0.25, 0.3) is 0 Å². The van der Waals surface area contributed by atoms with Crippen LogP contribution in [0.3, 0.4) is 0 Å². The quantitative estimate of drug-likeness (QED) is 0.701. The monoisotopic (exact) mass is 197 g/mol. The molecule has 1 N–H and O–H groups in total. The molecular formula is C12H23NO. The van der Waals surface area contributed by atoms with E-state index >= 15 is 0 Å². The molecule has 0 aliphatic heterocycles. The molecule has 0 saturated heterocycles. The van der Waals surface area contributed by atoms with Crippen LogP contribution in [0.15, 0.2) is 0 Å². The van der Waals surface area contributed by atoms with Gasteiger partial charge in [0.05, 0.1) is 0 Å². The Morgan fingerprint density at radius 2 is 2.07 bits per heavy atom. The maximum Gasteiger partial charge on any atom is 0.135 e. The molecule has 0 radical (unpaired) electrons. The molecule has 0 heterocycles. The molecule has 2 atom stereocenters. The van der Waals surface area contributed by atoms with Crippen molar-refractivity contribution in [2.75, 3.05) is 13.6 Å². The Morgan fingerprint density at radius 1 is 1.29 bits per heavy atom. The highest BCUT2D eigenvalue weighted by molar-refractivity contribution is 5.80. The van der Waals surface area contributed by atoms with Crippen LogP contribution in [0, 0.1) is 11.8 Å². The highest BCUT2D eigenvalue weighted by Gasteiger charge is 2.22. The summed E-state index contributed by atoms with van der Waals surface area (Å²) in [6.07, 6.45) is 6.75. The highest BCUT2D eigenvalue weighted by Crippen LogP contribution is 2.27. The largest absolute Gasteiger partial charge is 0.319 e. The van der Waals surface area contributed by atoms with Crippen LogP contribution in [-0.2, 0) is 4.79 Å².